The Morgan fingerprint density at radius 3 is 2.32 bits per heavy atom. The zero-order valence-corrected chi connectivity index (χ0v) is 14.4. The fourth-order valence-electron chi connectivity index (χ4n) is 1.99. The van der Waals surface area contributed by atoms with E-state index in [2.05, 4.69) is 10.0 Å². The number of hydrogen-bond donors (Lipinski definition) is 2. The van der Waals surface area contributed by atoms with Crippen molar-refractivity contribution < 1.29 is 13.2 Å². The molecule has 0 saturated carbocycles. The quantitative estimate of drug-likeness (QED) is 0.776. The maximum Gasteiger partial charge on any atom is 0.244 e. The Kier molecular flexibility index (Phi) is 5.93. The van der Waals surface area contributed by atoms with Gasteiger partial charge in [-0.15, -0.1) is 0 Å². The van der Waals surface area contributed by atoms with E-state index in [-0.39, 0.29) is 5.91 Å². The number of anilines is 1. The summed E-state index contributed by atoms with van der Waals surface area (Å²) in [4.78, 5) is 11.8. The lowest BCUT2D eigenvalue weighted by Crippen LogP contribution is -2.20. The van der Waals surface area contributed by atoms with Crippen molar-refractivity contribution in [2.45, 2.75) is 6.54 Å². The predicted molar refractivity (Wildman–Crippen MR) is 96.9 cm³/mol. The first-order valence-electron chi connectivity index (χ1n) is 7.38. The minimum Gasteiger partial charge on any atom is -0.348 e. The number of nitrogens with one attached hydrogen (secondary N) is 2. The molecule has 0 fully saturated rings. The standard InChI is InChI=1S/C18H17N3O3S/c1-25(23,24)21-17-9-6-14(7-10-17)8-11-18(22)20-13-16-4-2-15(12-19)3-5-16/h2-11,21H,13H2,1H3,(H,20,22)/b11-8+. The van der Waals surface area contributed by atoms with Crippen LogP contribution in [0.1, 0.15) is 16.7 Å². The summed E-state index contributed by atoms with van der Waals surface area (Å²) in [5, 5.41) is 11.5. The first-order chi connectivity index (χ1) is 11.9. The van der Waals surface area contributed by atoms with Crippen LogP contribution in [0.5, 0.6) is 0 Å². The van der Waals surface area contributed by atoms with E-state index in [9.17, 15) is 13.2 Å². The Labute approximate surface area is 146 Å². The highest BCUT2D eigenvalue weighted by Crippen LogP contribution is 2.12. The highest BCUT2D eigenvalue weighted by molar-refractivity contribution is 7.92. The Hall–Kier alpha value is -3.11. The highest BCUT2D eigenvalue weighted by atomic mass is 32.2. The molecule has 128 valence electrons. The second-order valence-electron chi connectivity index (χ2n) is 5.36. The van der Waals surface area contributed by atoms with Gasteiger partial charge in [-0.3, -0.25) is 9.52 Å². The molecule has 7 heteroatoms. The monoisotopic (exact) mass is 355 g/mol. The Balaban J connectivity index is 1.88. The second kappa shape index (κ2) is 8.13. The molecule has 6 nitrogen and oxygen atoms in total. The van der Waals surface area contributed by atoms with Crippen LogP contribution >= 0.6 is 0 Å². The van der Waals surface area contributed by atoms with Crippen LogP contribution in [0.2, 0.25) is 0 Å². The molecule has 0 atom stereocenters. The van der Waals surface area contributed by atoms with Gasteiger partial charge in [-0.2, -0.15) is 5.26 Å². The summed E-state index contributed by atoms with van der Waals surface area (Å²) in [7, 11) is -3.30. The topological polar surface area (TPSA) is 99.1 Å². The van der Waals surface area contributed by atoms with Gasteiger partial charge in [0.2, 0.25) is 15.9 Å². The van der Waals surface area contributed by atoms with E-state index in [4.69, 9.17) is 5.26 Å². The Morgan fingerprint density at radius 1 is 1.12 bits per heavy atom. The summed E-state index contributed by atoms with van der Waals surface area (Å²) >= 11 is 0. The van der Waals surface area contributed by atoms with Crippen LogP contribution < -0.4 is 10.0 Å². The van der Waals surface area contributed by atoms with E-state index >= 15 is 0 Å². The lowest BCUT2D eigenvalue weighted by molar-refractivity contribution is -0.116. The molecule has 2 N–H and O–H groups in total. The molecule has 0 bridgehead atoms. The summed E-state index contributed by atoms with van der Waals surface area (Å²) in [5.41, 5.74) is 2.71. The Bertz CT molecular complexity index is 910. The summed E-state index contributed by atoms with van der Waals surface area (Å²) in [6.45, 7) is 0.367. The molecule has 2 rings (SSSR count). The third kappa shape index (κ3) is 6.49. The van der Waals surface area contributed by atoms with Gasteiger partial charge in [-0.1, -0.05) is 24.3 Å². The maximum atomic E-state index is 11.8. The average molecular weight is 355 g/mol. The summed E-state index contributed by atoms with van der Waals surface area (Å²) in [6, 6.07) is 15.7. The van der Waals surface area contributed by atoms with Gasteiger partial charge in [0.25, 0.3) is 0 Å². The molecule has 0 spiro atoms. The van der Waals surface area contributed by atoms with Gasteiger partial charge < -0.3 is 5.32 Å². The van der Waals surface area contributed by atoms with Crippen LogP contribution in [0.15, 0.2) is 54.6 Å². The van der Waals surface area contributed by atoms with Crippen molar-refractivity contribution in [3.63, 3.8) is 0 Å². The van der Waals surface area contributed by atoms with E-state index in [0.29, 0.717) is 17.8 Å². The molecular formula is C18H17N3O3S. The molecule has 25 heavy (non-hydrogen) atoms. The van der Waals surface area contributed by atoms with Crippen molar-refractivity contribution in [1.82, 2.24) is 5.32 Å². The lowest BCUT2D eigenvalue weighted by Gasteiger charge is -2.04. The molecule has 0 saturated heterocycles. The number of carbonyl (C=O) groups is 1. The van der Waals surface area contributed by atoms with E-state index in [1.54, 1.807) is 54.6 Å². The van der Waals surface area contributed by atoms with E-state index < -0.39 is 10.0 Å². The normalized spacial score (nSPS) is 11.0. The number of amides is 1. The molecule has 0 aliphatic carbocycles. The van der Waals surface area contributed by atoms with E-state index in [1.807, 2.05) is 6.07 Å². The Morgan fingerprint density at radius 2 is 1.76 bits per heavy atom. The maximum absolute atomic E-state index is 11.8. The molecule has 0 radical (unpaired) electrons. The van der Waals surface area contributed by atoms with Crippen LogP contribution in [0, 0.1) is 11.3 Å². The van der Waals surface area contributed by atoms with Crippen molar-refractivity contribution in [2.75, 3.05) is 11.0 Å². The number of nitrogens with zero attached hydrogens (tertiary/aromatic N) is 1. The lowest BCUT2D eigenvalue weighted by atomic mass is 10.1. The zero-order chi connectivity index (χ0) is 18.3. The minimum atomic E-state index is -3.30. The van der Waals surface area contributed by atoms with Gasteiger partial charge in [0.1, 0.15) is 0 Å². The van der Waals surface area contributed by atoms with Crippen molar-refractivity contribution in [1.29, 1.82) is 5.26 Å². The minimum absolute atomic E-state index is 0.248. The number of benzene rings is 2. The van der Waals surface area contributed by atoms with Gasteiger partial charge in [-0.25, -0.2) is 8.42 Å². The van der Waals surface area contributed by atoms with Crippen LogP contribution in [-0.2, 0) is 21.4 Å². The first-order valence-corrected chi connectivity index (χ1v) is 9.28. The zero-order valence-electron chi connectivity index (χ0n) is 13.6. The van der Waals surface area contributed by atoms with Gasteiger partial charge in [0, 0.05) is 18.3 Å². The molecule has 0 unspecified atom stereocenters. The molecule has 0 aliphatic heterocycles. The van der Waals surface area contributed by atoms with Gasteiger partial charge in [0.15, 0.2) is 0 Å². The smallest absolute Gasteiger partial charge is 0.244 e. The SMILES string of the molecule is CS(=O)(=O)Nc1ccc(/C=C/C(=O)NCc2ccc(C#N)cc2)cc1. The third-order valence-corrected chi connectivity index (χ3v) is 3.80. The number of hydrogen-bond acceptors (Lipinski definition) is 4. The van der Waals surface area contributed by atoms with Crippen LogP contribution in [0.25, 0.3) is 6.08 Å². The number of carbonyl (C=O) groups excluding carboxylic acids is 1. The van der Waals surface area contributed by atoms with Crippen molar-refractivity contribution in [2.24, 2.45) is 0 Å². The number of nitriles is 1. The van der Waals surface area contributed by atoms with E-state index in [1.165, 1.54) is 6.08 Å². The predicted octanol–water partition coefficient (Wildman–Crippen LogP) is 2.26. The van der Waals surface area contributed by atoms with Crippen molar-refractivity contribution in [3.05, 3.63) is 71.3 Å². The molecule has 0 aliphatic rings. The fourth-order valence-corrected chi connectivity index (χ4v) is 2.56. The summed E-state index contributed by atoms with van der Waals surface area (Å²) in [5.74, 6) is -0.248. The number of sulfonamides is 1. The first kappa shape index (κ1) is 18.2. The molecule has 0 aromatic heterocycles. The van der Waals surface area contributed by atoms with Crippen LogP contribution in [-0.4, -0.2) is 20.6 Å². The fraction of sp³-hybridized carbons (Fsp3) is 0.111. The van der Waals surface area contributed by atoms with Crippen molar-refractivity contribution in [3.8, 4) is 6.07 Å². The largest absolute Gasteiger partial charge is 0.348 e. The van der Waals surface area contributed by atoms with Gasteiger partial charge in [0.05, 0.1) is 17.9 Å². The van der Waals surface area contributed by atoms with Gasteiger partial charge in [-0.05, 0) is 41.5 Å². The summed E-state index contributed by atoms with van der Waals surface area (Å²) in [6.07, 6.45) is 4.12. The second-order valence-corrected chi connectivity index (χ2v) is 7.10. The molecule has 0 heterocycles. The van der Waals surface area contributed by atoms with Crippen LogP contribution in [0.3, 0.4) is 0 Å². The summed E-state index contributed by atoms with van der Waals surface area (Å²) < 4.78 is 24.6. The molecule has 1 amide bonds. The molecular weight excluding hydrogens is 338 g/mol. The van der Waals surface area contributed by atoms with E-state index in [0.717, 1.165) is 17.4 Å². The molecule has 2 aromatic carbocycles. The van der Waals surface area contributed by atoms with Crippen LogP contribution in [0.4, 0.5) is 5.69 Å². The number of rotatable bonds is 6. The van der Waals surface area contributed by atoms with Gasteiger partial charge >= 0.3 is 0 Å². The third-order valence-electron chi connectivity index (χ3n) is 3.19. The average Bonchev–Trinajstić information content (AvgIpc) is 2.58. The van der Waals surface area contributed by atoms with Crippen molar-refractivity contribution >= 4 is 27.7 Å². The highest BCUT2D eigenvalue weighted by Gasteiger charge is 2.01. The molecule has 2 aromatic rings.